The molecule has 0 bridgehead atoms. The highest BCUT2D eigenvalue weighted by Crippen LogP contribution is 2.35. The van der Waals surface area contributed by atoms with Gasteiger partial charge in [-0.2, -0.15) is 0 Å². The summed E-state index contributed by atoms with van der Waals surface area (Å²) in [5, 5.41) is 12.8. The first-order valence-corrected chi connectivity index (χ1v) is 11.7. The van der Waals surface area contributed by atoms with Crippen LogP contribution in [0.1, 0.15) is 12.0 Å². The fourth-order valence-electron chi connectivity index (χ4n) is 4.57. The number of hydrogen-bond acceptors (Lipinski definition) is 7. The highest BCUT2D eigenvalue weighted by Gasteiger charge is 2.36. The Bertz CT molecular complexity index is 1030. The summed E-state index contributed by atoms with van der Waals surface area (Å²) in [6.07, 6.45) is 0.876. The van der Waals surface area contributed by atoms with Crippen LogP contribution in [0.3, 0.4) is 0 Å². The first-order valence-electron chi connectivity index (χ1n) is 11.3. The number of benzene rings is 2. The van der Waals surface area contributed by atoms with Crippen LogP contribution in [0.25, 0.3) is 0 Å². The van der Waals surface area contributed by atoms with E-state index in [0.717, 1.165) is 44.3 Å². The maximum absolute atomic E-state index is 13.6. The summed E-state index contributed by atoms with van der Waals surface area (Å²) in [5.41, 5.74) is 1.54. The molecule has 8 nitrogen and oxygen atoms in total. The summed E-state index contributed by atoms with van der Waals surface area (Å²) in [4.78, 5) is 2.48. The van der Waals surface area contributed by atoms with Crippen LogP contribution in [0, 0.1) is 23.1 Å². The maximum Gasteiger partial charge on any atom is 0.162 e. The molecule has 184 valence electrons. The molecule has 2 aromatic rings. The molecule has 0 saturated carbocycles. The number of likely N-dealkylation sites (tertiary alicyclic amines) is 1. The first kappa shape index (κ1) is 24.5. The largest absolute Gasteiger partial charge is 0.493 e. The van der Waals surface area contributed by atoms with Crippen LogP contribution in [-0.4, -0.2) is 64.3 Å². The number of nitrogens with two attached hydrogens (primary N) is 1. The molecule has 34 heavy (non-hydrogen) atoms. The van der Waals surface area contributed by atoms with Crippen molar-refractivity contribution < 1.29 is 18.6 Å². The number of halogens is 2. The molecule has 2 heterocycles. The Morgan fingerprint density at radius 2 is 2.00 bits per heavy atom. The van der Waals surface area contributed by atoms with Crippen molar-refractivity contribution in [2.75, 3.05) is 63.9 Å². The third kappa shape index (κ3) is 5.22. The van der Waals surface area contributed by atoms with E-state index >= 15 is 0 Å². The second-order valence-corrected chi connectivity index (χ2v) is 9.04. The fourth-order valence-corrected chi connectivity index (χ4v) is 4.74. The molecule has 0 spiro atoms. The fraction of sp³-hybridized carbons (Fsp3) is 0.458. The normalized spacial score (nSPS) is 19.7. The number of hydrogen-bond donors (Lipinski definition) is 3. The Labute approximate surface area is 204 Å². The van der Waals surface area contributed by atoms with Gasteiger partial charge in [0.1, 0.15) is 11.7 Å². The van der Waals surface area contributed by atoms with Crippen LogP contribution in [-0.2, 0) is 4.74 Å². The maximum atomic E-state index is 13.6. The third-order valence-electron chi connectivity index (χ3n) is 6.44. The van der Waals surface area contributed by atoms with Crippen molar-refractivity contribution in [3.05, 3.63) is 46.7 Å². The number of anilines is 2. The van der Waals surface area contributed by atoms with Gasteiger partial charge in [0.25, 0.3) is 0 Å². The average Bonchev–Trinajstić information content (AvgIpc) is 3.44. The zero-order valence-electron chi connectivity index (χ0n) is 19.4. The SMILES string of the molecule is CNc1cc(OC)c(OCCCN2C[C@H]3COC[C@@H]3C2)cc1C(=N)N(N)c1ccc(F)c(Cl)c1. The zero-order chi connectivity index (χ0) is 24.2. The van der Waals surface area contributed by atoms with Crippen LogP contribution >= 0.6 is 11.6 Å². The molecule has 0 amide bonds. The van der Waals surface area contributed by atoms with Crippen molar-refractivity contribution in [1.82, 2.24) is 4.90 Å². The van der Waals surface area contributed by atoms with Crippen LogP contribution in [0.2, 0.25) is 5.02 Å². The van der Waals surface area contributed by atoms with E-state index in [4.69, 9.17) is 37.1 Å². The van der Waals surface area contributed by atoms with Crippen molar-refractivity contribution in [1.29, 1.82) is 5.41 Å². The van der Waals surface area contributed by atoms with Crippen molar-refractivity contribution in [3.63, 3.8) is 0 Å². The summed E-state index contributed by atoms with van der Waals surface area (Å²) >= 11 is 5.89. The van der Waals surface area contributed by atoms with E-state index in [1.54, 1.807) is 26.3 Å². The number of hydrazine groups is 1. The second kappa shape index (κ2) is 10.8. The van der Waals surface area contributed by atoms with Crippen molar-refractivity contribution >= 4 is 28.8 Å². The number of rotatable bonds is 9. The van der Waals surface area contributed by atoms with E-state index in [9.17, 15) is 4.39 Å². The minimum absolute atomic E-state index is 0.00893. The molecule has 10 heteroatoms. The van der Waals surface area contributed by atoms with E-state index < -0.39 is 5.82 Å². The highest BCUT2D eigenvalue weighted by atomic mass is 35.5. The quantitative estimate of drug-likeness (QED) is 0.162. The molecule has 4 rings (SSSR count). The van der Waals surface area contributed by atoms with Crippen LogP contribution in [0.4, 0.5) is 15.8 Å². The zero-order valence-corrected chi connectivity index (χ0v) is 20.2. The van der Waals surface area contributed by atoms with Crippen molar-refractivity contribution in [2.24, 2.45) is 17.7 Å². The standard InChI is InChI=1S/C24H31ClFN5O3/c1-29-21-10-22(32-2)23(34-7-3-6-30-11-15-13-33-14-16(15)12-30)9-18(21)24(27)31(28)17-4-5-20(26)19(25)8-17/h4-5,8-10,15-16,27,29H,3,6-7,11-14,28H2,1-2H3/t15-,16-/m0/s1. The number of nitrogens with one attached hydrogen (secondary N) is 2. The minimum Gasteiger partial charge on any atom is -0.493 e. The number of fused-ring (bicyclic) bond motifs is 1. The highest BCUT2D eigenvalue weighted by molar-refractivity contribution is 6.31. The van der Waals surface area contributed by atoms with Crippen molar-refractivity contribution in [3.8, 4) is 11.5 Å². The number of ether oxygens (including phenoxy) is 3. The lowest BCUT2D eigenvalue weighted by Gasteiger charge is -2.23. The number of methoxy groups -OCH3 is 1. The molecule has 2 aromatic carbocycles. The molecule has 2 saturated heterocycles. The molecular weight excluding hydrogens is 461 g/mol. The molecule has 2 aliphatic heterocycles. The van der Waals surface area contributed by atoms with Gasteiger partial charge in [-0.05, 0) is 30.7 Å². The Morgan fingerprint density at radius 1 is 1.26 bits per heavy atom. The molecule has 2 atom stereocenters. The molecule has 0 aromatic heterocycles. The van der Waals surface area contributed by atoms with Gasteiger partial charge in [-0.3, -0.25) is 10.4 Å². The van der Waals surface area contributed by atoms with Crippen molar-refractivity contribution in [2.45, 2.75) is 6.42 Å². The molecule has 0 unspecified atom stereocenters. The Kier molecular flexibility index (Phi) is 7.77. The van der Waals surface area contributed by atoms with Gasteiger partial charge in [-0.1, -0.05) is 11.6 Å². The second-order valence-electron chi connectivity index (χ2n) is 8.63. The lowest BCUT2D eigenvalue weighted by molar-refractivity contribution is 0.152. The molecule has 0 aliphatic carbocycles. The summed E-state index contributed by atoms with van der Waals surface area (Å²) in [5.74, 6) is 8.03. The van der Waals surface area contributed by atoms with Gasteiger partial charge in [0.2, 0.25) is 0 Å². The van der Waals surface area contributed by atoms with Gasteiger partial charge in [0.05, 0.1) is 37.6 Å². The number of nitrogens with zero attached hydrogens (tertiary/aromatic N) is 2. The lowest BCUT2D eigenvalue weighted by Crippen LogP contribution is -2.38. The topological polar surface area (TPSA) is 96.1 Å². The van der Waals surface area contributed by atoms with Gasteiger partial charge in [0.15, 0.2) is 11.5 Å². The van der Waals surface area contributed by atoms with Crippen LogP contribution < -0.4 is 25.6 Å². The average molecular weight is 492 g/mol. The van der Waals surface area contributed by atoms with Crippen LogP contribution in [0.5, 0.6) is 11.5 Å². The van der Waals surface area contributed by atoms with Gasteiger partial charge in [-0.25, -0.2) is 10.2 Å². The Morgan fingerprint density at radius 3 is 2.65 bits per heavy atom. The van der Waals surface area contributed by atoms with Gasteiger partial charge in [0, 0.05) is 55.8 Å². The van der Waals surface area contributed by atoms with E-state index in [2.05, 4.69) is 10.2 Å². The van der Waals surface area contributed by atoms with E-state index in [1.807, 2.05) is 0 Å². The summed E-state index contributed by atoms with van der Waals surface area (Å²) in [6.45, 7) is 5.42. The van der Waals surface area contributed by atoms with E-state index in [-0.39, 0.29) is 10.9 Å². The first-order chi connectivity index (χ1) is 16.4. The summed E-state index contributed by atoms with van der Waals surface area (Å²) < 4.78 is 30.7. The minimum atomic E-state index is -0.549. The van der Waals surface area contributed by atoms with Gasteiger partial charge < -0.3 is 24.4 Å². The predicted octanol–water partition coefficient (Wildman–Crippen LogP) is 3.58. The molecule has 4 N–H and O–H groups in total. The molecule has 2 fully saturated rings. The van der Waals surface area contributed by atoms with Gasteiger partial charge in [-0.15, -0.1) is 0 Å². The van der Waals surface area contributed by atoms with E-state index in [0.29, 0.717) is 46.9 Å². The Balaban J connectivity index is 1.44. The molecular formula is C24H31ClFN5O3. The molecule has 2 aliphatic rings. The van der Waals surface area contributed by atoms with Crippen LogP contribution in [0.15, 0.2) is 30.3 Å². The lowest BCUT2D eigenvalue weighted by atomic mass is 10.0. The van der Waals surface area contributed by atoms with E-state index in [1.165, 1.54) is 18.2 Å². The smallest absolute Gasteiger partial charge is 0.162 e. The number of amidine groups is 1. The summed E-state index contributed by atoms with van der Waals surface area (Å²) in [6, 6.07) is 7.56. The summed E-state index contributed by atoms with van der Waals surface area (Å²) in [7, 11) is 3.33. The van der Waals surface area contributed by atoms with Gasteiger partial charge >= 0.3 is 0 Å². The monoisotopic (exact) mass is 491 g/mol. The predicted molar refractivity (Wildman–Crippen MR) is 132 cm³/mol. The third-order valence-corrected chi connectivity index (χ3v) is 6.73. The molecule has 0 radical (unpaired) electrons. The Hall–Kier alpha value is -2.59.